The zero-order valence-corrected chi connectivity index (χ0v) is 13.9. The molecule has 0 nitrogen and oxygen atoms in total. The molecule has 128 valence electrons. The van der Waals surface area contributed by atoms with Gasteiger partial charge in [0.25, 0.3) is 0 Å². The summed E-state index contributed by atoms with van der Waals surface area (Å²) in [5.74, 6) is 0.693. The molecule has 0 N–H and O–H groups in total. The van der Waals surface area contributed by atoms with Gasteiger partial charge in [0, 0.05) is 5.92 Å². The fourth-order valence-corrected chi connectivity index (χ4v) is 4.63. The van der Waals surface area contributed by atoms with E-state index in [1.807, 2.05) is 0 Å². The molecule has 2 aliphatic rings. The number of halogens is 3. The number of unbranched alkanes of at least 4 members (excludes halogenated alkanes) is 2. The van der Waals surface area contributed by atoms with E-state index in [2.05, 4.69) is 6.92 Å². The third kappa shape index (κ3) is 5.03. The SMILES string of the molecule is CCCCCC1CCC(C2CCC(C(F)=C(F)F)CC2)CC1. The Bertz CT molecular complexity index is 344. The molecule has 0 bridgehead atoms. The third-order valence-electron chi connectivity index (χ3n) is 6.08. The van der Waals surface area contributed by atoms with E-state index in [1.54, 1.807) is 0 Å². The lowest BCUT2D eigenvalue weighted by molar-refractivity contribution is 0.142. The van der Waals surface area contributed by atoms with Gasteiger partial charge < -0.3 is 0 Å². The van der Waals surface area contributed by atoms with E-state index in [0.29, 0.717) is 18.8 Å². The van der Waals surface area contributed by atoms with Crippen LogP contribution in [0.1, 0.15) is 84.0 Å². The van der Waals surface area contributed by atoms with Gasteiger partial charge in [0.2, 0.25) is 0 Å². The Labute approximate surface area is 133 Å². The molecule has 0 aliphatic heterocycles. The first kappa shape index (κ1) is 17.9. The van der Waals surface area contributed by atoms with E-state index < -0.39 is 17.8 Å². The summed E-state index contributed by atoms with van der Waals surface area (Å²) in [6.07, 6.45) is 11.7. The van der Waals surface area contributed by atoms with Crippen molar-refractivity contribution < 1.29 is 13.2 Å². The smallest absolute Gasteiger partial charge is 0.206 e. The maximum absolute atomic E-state index is 13.3. The van der Waals surface area contributed by atoms with Crippen molar-refractivity contribution in [3.63, 3.8) is 0 Å². The Morgan fingerprint density at radius 1 is 0.773 bits per heavy atom. The number of rotatable bonds is 6. The molecule has 0 atom stereocenters. The summed E-state index contributed by atoms with van der Waals surface area (Å²) in [6.45, 7) is 2.25. The zero-order chi connectivity index (χ0) is 15.9. The fourth-order valence-electron chi connectivity index (χ4n) is 4.63. The number of hydrogen-bond acceptors (Lipinski definition) is 0. The van der Waals surface area contributed by atoms with Crippen LogP contribution in [0.15, 0.2) is 11.9 Å². The first-order valence-corrected chi connectivity index (χ1v) is 9.32. The first-order chi connectivity index (χ1) is 10.6. The van der Waals surface area contributed by atoms with Crippen LogP contribution in [0, 0.1) is 23.7 Å². The van der Waals surface area contributed by atoms with Gasteiger partial charge in [0.1, 0.15) is 0 Å². The molecule has 2 aliphatic carbocycles. The monoisotopic (exact) mass is 316 g/mol. The van der Waals surface area contributed by atoms with Crippen molar-refractivity contribution in [1.82, 2.24) is 0 Å². The molecule has 0 aromatic carbocycles. The average molecular weight is 316 g/mol. The molecule has 3 heteroatoms. The van der Waals surface area contributed by atoms with Gasteiger partial charge >= 0.3 is 6.08 Å². The van der Waals surface area contributed by atoms with Crippen LogP contribution in [0.5, 0.6) is 0 Å². The van der Waals surface area contributed by atoms with Gasteiger partial charge in [-0.3, -0.25) is 0 Å². The van der Waals surface area contributed by atoms with E-state index in [-0.39, 0.29) is 0 Å². The predicted octanol–water partition coefficient (Wildman–Crippen LogP) is 7.26. The second-order valence-electron chi connectivity index (χ2n) is 7.50. The Kier molecular flexibility index (Phi) is 7.30. The van der Waals surface area contributed by atoms with Crippen LogP contribution in [0.4, 0.5) is 13.2 Å². The van der Waals surface area contributed by atoms with Crippen molar-refractivity contribution in [3.05, 3.63) is 11.9 Å². The fraction of sp³-hybridized carbons (Fsp3) is 0.895. The van der Waals surface area contributed by atoms with E-state index in [1.165, 1.54) is 51.4 Å². The van der Waals surface area contributed by atoms with Crippen LogP contribution in [-0.4, -0.2) is 0 Å². The van der Waals surface area contributed by atoms with E-state index in [4.69, 9.17) is 0 Å². The zero-order valence-electron chi connectivity index (χ0n) is 13.9. The summed E-state index contributed by atoms with van der Waals surface area (Å²) in [4.78, 5) is 0. The molecule has 0 heterocycles. The Hall–Kier alpha value is -0.470. The van der Waals surface area contributed by atoms with Crippen molar-refractivity contribution in [2.24, 2.45) is 23.7 Å². The van der Waals surface area contributed by atoms with Crippen LogP contribution >= 0.6 is 0 Å². The third-order valence-corrected chi connectivity index (χ3v) is 6.08. The second-order valence-corrected chi connectivity index (χ2v) is 7.50. The van der Waals surface area contributed by atoms with Crippen LogP contribution in [-0.2, 0) is 0 Å². The Morgan fingerprint density at radius 2 is 1.32 bits per heavy atom. The molecular weight excluding hydrogens is 285 g/mol. The minimum atomic E-state index is -2.10. The summed E-state index contributed by atoms with van der Waals surface area (Å²) >= 11 is 0. The van der Waals surface area contributed by atoms with Crippen molar-refractivity contribution in [3.8, 4) is 0 Å². The largest absolute Gasteiger partial charge is 0.301 e. The summed E-state index contributed by atoms with van der Waals surface area (Å²) < 4.78 is 38.0. The molecule has 0 spiro atoms. The molecule has 22 heavy (non-hydrogen) atoms. The maximum atomic E-state index is 13.3. The van der Waals surface area contributed by atoms with Crippen molar-refractivity contribution >= 4 is 0 Å². The van der Waals surface area contributed by atoms with Gasteiger partial charge in [-0.05, 0) is 56.3 Å². The molecule has 0 aromatic heterocycles. The predicted molar refractivity (Wildman–Crippen MR) is 85.4 cm³/mol. The lowest BCUT2D eigenvalue weighted by Gasteiger charge is -2.37. The summed E-state index contributed by atoms with van der Waals surface area (Å²) in [5, 5.41) is 0. The van der Waals surface area contributed by atoms with Gasteiger partial charge in [0.15, 0.2) is 5.83 Å². The van der Waals surface area contributed by atoms with Crippen LogP contribution in [0.25, 0.3) is 0 Å². The van der Waals surface area contributed by atoms with Gasteiger partial charge in [-0.25, -0.2) is 4.39 Å². The Morgan fingerprint density at radius 3 is 1.82 bits per heavy atom. The van der Waals surface area contributed by atoms with E-state index in [0.717, 1.165) is 24.7 Å². The summed E-state index contributed by atoms with van der Waals surface area (Å²) in [7, 11) is 0. The number of hydrogen-bond donors (Lipinski definition) is 0. The highest BCUT2D eigenvalue weighted by molar-refractivity contribution is 5.00. The normalized spacial score (nSPS) is 32.7. The maximum Gasteiger partial charge on any atom is 0.301 e. The van der Waals surface area contributed by atoms with Crippen molar-refractivity contribution in [2.75, 3.05) is 0 Å². The van der Waals surface area contributed by atoms with Gasteiger partial charge in [-0.2, -0.15) is 8.78 Å². The topological polar surface area (TPSA) is 0 Å². The molecular formula is C19H31F3. The van der Waals surface area contributed by atoms with Gasteiger partial charge in [-0.1, -0.05) is 45.4 Å². The van der Waals surface area contributed by atoms with E-state index >= 15 is 0 Å². The highest BCUT2D eigenvalue weighted by Crippen LogP contribution is 2.44. The highest BCUT2D eigenvalue weighted by Gasteiger charge is 2.32. The molecule has 0 saturated heterocycles. The lowest BCUT2D eigenvalue weighted by atomic mass is 9.68. The lowest BCUT2D eigenvalue weighted by Crippen LogP contribution is -2.26. The van der Waals surface area contributed by atoms with Crippen molar-refractivity contribution in [2.45, 2.75) is 84.0 Å². The standard InChI is InChI=1S/C19H31F3/c1-2-3-4-5-14-6-8-15(9-7-14)16-10-12-17(13-11-16)18(20)19(21)22/h14-17H,2-13H2,1H3. The van der Waals surface area contributed by atoms with E-state index in [9.17, 15) is 13.2 Å². The molecule has 0 aromatic rings. The second kappa shape index (κ2) is 8.98. The minimum absolute atomic E-state index is 0.508. The molecule has 0 radical (unpaired) electrons. The average Bonchev–Trinajstić information content (AvgIpc) is 2.55. The molecule has 2 rings (SSSR count). The highest BCUT2D eigenvalue weighted by atomic mass is 19.3. The molecule has 2 fully saturated rings. The number of allylic oxidation sites excluding steroid dienone is 1. The van der Waals surface area contributed by atoms with Crippen LogP contribution in [0.2, 0.25) is 0 Å². The van der Waals surface area contributed by atoms with Crippen LogP contribution in [0.3, 0.4) is 0 Å². The van der Waals surface area contributed by atoms with Gasteiger partial charge in [-0.15, -0.1) is 0 Å². The first-order valence-electron chi connectivity index (χ1n) is 9.32. The summed E-state index contributed by atoms with van der Waals surface area (Å²) in [5.41, 5.74) is 0. The Balaban J connectivity index is 1.69. The quantitative estimate of drug-likeness (QED) is 0.452. The molecule has 0 amide bonds. The molecule has 0 unspecified atom stereocenters. The molecule has 2 saturated carbocycles. The minimum Gasteiger partial charge on any atom is -0.206 e. The van der Waals surface area contributed by atoms with Crippen LogP contribution < -0.4 is 0 Å². The van der Waals surface area contributed by atoms with Crippen molar-refractivity contribution in [1.29, 1.82) is 0 Å². The summed E-state index contributed by atoms with van der Waals surface area (Å²) in [6, 6.07) is 0. The van der Waals surface area contributed by atoms with Gasteiger partial charge in [0.05, 0.1) is 0 Å².